The average Bonchev–Trinajstić information content (AvgIpc) is 3.10. The van der Waals surface area contributed by atoms with Crippen LogP contribution in [0.5, 0.6) is 17.4 Å². The molecule has 29 heavy (non-hydrogen) atoms. The quantitative estimate of drug-likeness (QED) is 0.535. The third-order valence-corrected chi connectivity index (χ3v) is 4.63. The normalized spacial score (nSPS) is 10.8. The Morgan fingerprint density at radius 1 is 0.862 bits per heavy atom. The molecule has 3 heterocycles. The number of aromatic nitrogens is 4. The van der Waals surface area contributed by atoms with Gasteiger partial charge in [0.15, 0.2) is 11.5 Å². The number of anilines is 2. The summed E-state index contributed by atoms with van der Waals surface area (Å²) in [5, 5.41) is 3.25. The Morgan fingerprint density at radius 2 is 1.69 bits per heavy atom. The number of ether oxygens (including phenoxy) is 3. The third kappa shape index (κ3) is 3.52. The molecule has 0 saturated carbocycles. The largest absolute Gasteiger partial charge is 0.493 e. The zero-order valence-electron chi connectivity index (χ0n) is 16.6. The first-order valence-electron chi connectivity index (χ1n) is 8.95. The molecule has 0 amide bonds. The van der Waals surface area contributed by atoms with Crippen molar-refractivity contribution in [2.75, 3.05) is 26.6 Å². The highest BCUT2D eigenvalue weighted by molar-refractivity contribution is 5.83. The predicted molar refractivity (Wildman–Crippen MR) is 111 cm³/mol. The monoisotopic (exact) mass is 391 g/mol. The summed E-state index contributed by atoms with van der Waals surface area (Å²) in [5.74, 6) is 3.41. The van der Waals surface area contributed by atoms with Crippen molar-refractivity contribution >= 4 is 22.5 Å². The summed E-state index contributed by atoms with van der Waals surface area (Å²) in [6, 6.07) is 11.4. The summed E-state index contributed by atoms with van der Waals surface area (Å²) in [7, 11) is 6.79. The maximum Gasteiger partial charge on any atom is 0.213 e. The number of fused-ring (bicyclic) bond motifs is 1. The molecule has 0 aliphatic heterocycles. The molecule has 8 nitrogen and oxygen atoms in total. The van der Waals surface area contributed by atoms with Crippen molar-refractivity contribution in [2.45, 2.75) is 0 Å². The molecule has 0 atom stereocenters. The van der Waals surface area contributed by atoms with E-state index in [2.05, 4.69) is 15.3 Å². The number of pyridine rings is 2. The van der Waals surface area contributed by atoms with Gasteiger partial charge in [0.05, 0.1) is 44.9 Å². The number of aryl methyl sites for hydroxylation is 1. The number of hydrogen-bond donors (Lipinski definition) is 1. The van der Waals surface area contributed by atoms with Crippen LogP contribution in [-0.2, 0) is 7.05 Å². The lowest BCUT2D eigenvalue weighted by atomic mass is 10.2. The van der Waals surface area contributed by atoms with E-state index in [0.29, 0.717) is 23.2 Å². The number of nitrogens with zero attached hydrogens (tertiary/aromatic N) is 4. The molecule has 0 bridgehead atoms. The zero-order valence-corrected chi connectivity index (χ0v) is 16.6. The number of methoxy groups -OCH3 is 3. The average molecular weight is 391 g/mol. The van der Waals surface area contributed by atoms with Crippen LogP contribution in [0.25, 0.3) is 22.4 Å². The number of benzene rings is 1. The lowest BCUT2D eigenvalue weighted by Crippen LogP contribution is -1.97. The summed E-state index contributed by atoms with van der Waals surface area (Å²) in [6.45, 7) is 0. The Kier molecular flexibility index (Phi) is 4.90. The van der Waals surface area contributed by atoms with Gasteiger partial charge in [-0.2, -0.15) is 0 Å². The molecular formula is C21H21N5O3. The minimum Gasteiger partial charge on any atom is -0.493 e. The Morgan fingerprint density at radius 3 is 2.38 bits per heavy atom. The van der Waals surface area contributed by atoms with Crippen LogP contribution in [0.2, 0.25) is 0 Å². The van der Waals surface area contributed by atoms with Crippen LogP contribution in [0.4, 0.5) is 11.5 Å². The maximum atomic E-state index is 5.42. The molecular weight excluding hydrogens is 370 g/mol. The molecule has 8 heteroatoms. The lowest BCUT2D eigenvalue weighted by molar-refractivity contribution is 0.355. The predicted octanol–water partition coefficient (Wildman–Crippen LogP) is 3.80. The smallest absolute Gasteiger partial charge is 0.213 e. The van der Waals surface area contributed by atoms with Crippen molar-refractivity contribution in [3.63, 3.8) is 0 Å². The third-order valence-electron chi connectivity index (χ3n) is 4.63. The lowest BCUT2D eigenvalue weighted by Gasteiger charge is -2.09. The zero-order chi connectivity index (χ0) is 20.4. The molecule has 0 fully saturated rings. The fraction of sp³-hybridized carbons (Fsp3) is 0.190. The Bertz CT molecular complexity index is 1160. The standard InChI is InChI=1S/C21H21N5O3/c1-26-16-10-19(24-14-6-8-20(29-4)23-11-14)22-12-15(16)25-21(26)13-5-7-17(27-2)18(9-13)28-3/h5-12H,1-4H3,(H,22,24). The van der Waals surface area contributed by atoms with E-state index in [1.54, 1.807) is 39.8 Å². The van der Waals surface area contributed by atoms with Gasteiger partial charge in [0.1, 0.15) is 17.2 Å². The number of imidazole rings is 1. The van der Waals surface area contributed by atoms with Gasteiger partial charge >= 0.3 is 0 Å². The number of nitrogens with one attached hydrogen (secondary N) is 1. The molecule has 1 N–H and O–H groups in total. The molecule has 3 aromatic heterocycles. The molecule has 0 aliphatic carbocycles. The van der Waals surface area contributed by atoms with Gasteiger partial charge < -0.3 is 24.1 Å². The van der Waals surface area contributed by atoms with E-state index >= 15 is 0 Å². The molecule has 0 unspecified atom stereocenters. The van der Waals surface area contributed by atoms with Crippen LogP contribution >= 0.6 is 0 Å². The van der Waals surface area contributed by atoms with E-state index in [1.165, 1.54) is 0 Å². The molecule has 0 spiro atoms. The minimum atomic E-state index is 0.560. The topological polar surface area (TPSA) is 83.3 Å². The SMILES string of the molecule is COc1ccc(Nc2cc3c(cn2)nc(-c2ccc(OC)c(OC)c2)n3C)cn1. The second-order valence-electron chi connectivity index (χ2n) is 6.34. The van der Waals surface area contributed by atoms with Gasteiger partial charge in [-0.1, -0.05) is 0 Å². The summed E-state index contributed by atoms with van der Waals surface area (Å²) in [4.78, 5) is 13.4. The van der Waals surface area contributed by atoms with Gasteiger partial charge in [-0.25, -0.2) is 15.0 Å². The molecule has 148 valence electrons. The summed E-state index contributed by atoms with van der Waals surface area (Å²) < 4.78 is 17.8. The van der Waals surface area contributed by atoms with E-state index in [-0.39, 0.29) is 0 Å². The number of hydrogen-bond acceptors (Lipinski definition) is 7. The van der Waals surface area contributed by atoms with Crippen molar-refractivity contribution in [1.82, 2.24) is 19.5 Å². The van der Waals surface area contributed by atoms with E-state index in [1.807, 2.05) is 41.9 Å². The van der Waals surface area contributed by atoms with Gasteiger partial charge in [-0.15, -0.1) is 0 Å². The highest BCUT2D eigenvalue weighted by Gasteiger charge is 2.14. The van der Waals surface area contributed by atoms with Crippen molar-refractivity contribution < 1.29 is 14.2 Å². The summed E-state index contributed by atoms with van der Waals surface area (Å²) in [6.07, 6.45) is 3.45. The van der Waals surface area contributed by atoms with E-state index in [0.717, 1.165) is 28.1 Å². The Labute approximate surface area is 168 Å². The molecule has 1 aromatic carbocycles. The van der Waals surface area contributed by atoms with Gasteiger partial charge in [0.2, 0.25) is 5.88 Å². The Hall–Kier alpha value is -3.81. The van der Waals surface area contributed by atoms with Crippen LogP contribution < -0.4 is 19.5 Å². The van der Waals surface area contributed by atoms with Gasteiger partial charge in [0, 0.05) is 24.7 Å². The minimum absolute atomic E-state index is 0.560. The maximum absolute atomic E-state index is 5.42. The Balaban J connectivity index is 1.68. The van der Waals surface area contributed by atoms with Crippen LogP contribution in [0.15, 0.2) is 48.8 Å². The van der Waals surface area contributed by atoms with E-state index in [9.17, 15) is 0 Å². The molecule has 0 radical (unpaired) electrons. The van der Waals surface area contributed by atoms with Crippen molar-refractivity contribution in [1.29, 1.82) is 0 Å². The molecule has 4 aromatic rings. The fourth-order valence-electron chi connectivity index (χ4n) is 3.12. The van der Waals surface area contributed by atoms with Crippen molar-refractivity contribution in [3.8, 4) is 28.8 Å². The fourth-order valence-corrected chi connectivity index (χ4v) is 3.12. The number of rotatable bonds is 6. The summed E-state index contributed by atoms with van der Waals surface area (Å²) in [5.41, 5.74) is 3.50. The first-order chi connectivity index (χ1) is 14.1. The van der Waals surface area contributed by atoms with Gasteiger partial charge in [-0.05, 0) is 24.3 Å². The highest BCUT2D eigenvalue weighted by Crippen LogP contribution is 2.33. The van der Waals surface area contributed by atoms with E-state index < -0.39 is 0 Å². The van der Waals surface area contributed by atoms with Crippen LogP contribution in [0.3, 0.4) is 0 Å². The highest BCUT2D eigenvalue weighted by atomic mass is 16.5. The van der Waals surface area contributed by atoms with Crippen LogP contribution in [0, 0.1) is 0 Å². The second kappa shape index (κ2) is 7.67. The first kappa shape index (κ1) is 18.5. The van der Waals surface area contributed by atoms with Crippen LogP contribution in [-0.4, -0.2) is 40.8 Å². The molecule has 4 rings (SSSR count). The van der Waals surface area contributed by atoms with E-state index in [4.69, 9.17) is 19.2 Å². The van der Waals surface area contributed by atoms with Crippen LogP contribution in [0.1, 0.15) is 0 Å². The van der Waals surface area contributed by atoms with Crippen molar-refractivity contribution in [2.24, 2.45) is 7.05 Å². The first-order valence-corrected chi connectivity index (χ1v) is 8.95. The molecule has 0 aliphatic rings. The molecule has 0 saturated heterocycles. The van der Waals surface area contributed by atoms with Crippen molar-refractivity contribution in [3.05, 3.63) is 48.8 Å². The second-order valence-corrected chi connectivity index (χ2v) is 6.34. The van der Waals surface area contributed by atoms with Gasteiger partial charge in [0.25, 0.3) is 0 Å². The van der Waals surface area contributed by atoms with Gasteiger partial charge in [-0.3, -0.25) is 0 Å². The summed E-state index contributed by atoms with van der Waals surface area (Å²) >= 11 is 0.